The van der Waals surface area contributed by atoms with Crippen molar-refractivity contribution < 1.29 is 5.11 Å². The molecule has 1 heterocycles. The van der Waals surface area contributed by atoms with Gasteiger partial charge in [0.15, 0.2) is 0 Å². The maximum atomic E-state index is 10.5. The normalized spacial score (nSPS) is 17.2. The molecule has 2 aromatic rings. The van der Waals surface area contributed by atoms with Crippen LogP contribution in [0.3, 0.4) is 0 Å². The zero-order valence-electron chi connectivity index (χ0n) is 12.4. The van der Waals surface area contributed by atoms with Crippen LogP contribution >= 0.6 is 11.8 Å². The molecule has 1 unspecified atom stereocenters. The number of aliphatic hydroxyl groups is 1. The Morgan fingerprint density at radius 3 is 2.81 bits per heavy atom. The van der Waals surface area contributed by atoms with E-state index in [1.807, 2.05) is 30.5 Å². The van der Waals surface area contributed by atoms with E-state index in [4.69, 9.17) is 0 Å². The topological polar surface area (TPSA) is 38.0 Å². The van der Waals surface area contributed by atoms with Crippen LogP contribution in [-0.2, 0) is 6.42 Å². The van der Waals surface area contributed by atoms with Crippen LogP contribution in [0.2, 0.25) is 0 Å². The predicted molar refractivity (Wildman–Crippen MR) is 86.6 cm³/mol. The molecule has 0 bridgehead atoms. The monoisotopic (exact) mass is 302 g/mol. The molecule has 1 fully saturated rings. The van der Waals surface area contributed by atoms with Gasteiger partial charge in [-0.3, -0.25) is 4.68 Å². The van der Waals surface area contributed by atoms with E-state index in [2.05, 4.69) is 22.0 Å². The smallest absolute Gasteiger partial charge is 0.0856 e. The van der Waals surface area contributed by atoms with Crippen LogP contribution in [0.25, 0.3) is 0 Å². The summed E-state index contributed by atoms with van der Waals surface area (Å²) in [5, 5.41) is 15.2. The van der Waals surface area contributed by atoms with Crippen LogP contribution in [0.4, 0.5) is 0 Å². The van der Waals surface area contributed by atoms with E-state index >= 15 is 0 Å². The van der Waals surface area contributed by atoms with Gasteiger partial charge in [0, 0.05) is 17.5 Å². The molecule has 0 radical (unpaired) electrons. The molecule has 3 nitrogen and oxygen atoms in total. The molecule has 1 aromatic heterocycles. The predicted octanol–water partition coefficient (Wildman–Crippen LogP) is 4.00. The SMILES string of the molecule is CSc1ccccc1C(O)Cc1ccn(C2CCCC2)n1. The number of aromatic nitrogens is 2. The molecule has 1 atom stereocenters. The summed E-state index contributed by atoms with van der Waals surface area (Å²) >= 11 is 1.67. The fraction of sp³-hybridized carbons (Fsp3) is 0.471. The van der Waals surface area contributed by atoms with E-state index in [1.54, 1.807) is 11.8 Å². The van der Waals surface area contributed by atoms with Gasteiger partial charge < -0.3 is 5.11 Å². The number of thioether (sulfide) groups is 1. The Bertz CT molecular complexity index is 590. The molecular formula is C17H22N2OS. The Labute approximate surface area is 130 Å². The van der Waals surface area contributed by atoms with E-state index in [0.29, 0.717) is 12.5 Å². The fourth-order valence-electron chi connectivity index (χ4n) is 3.11. The molecule has 0 saturated heterocycles. The van der Waals surface area contributed by atoms with E-state index in [0.717, 1.165) is 16.2 Å². The zero-order chi connectivity index (χ0) is 14.7. The van der Waals surface area contributed by atoms with Crippen molar-refractivity contribution in [3.05, 3.63) is 47.8 Å². The minimum Gasteiger partial charge on any atom is -0.388 e. The molecule has 4 heteroatoms. The van der Waals surface area contributed by atoms with E-state index in [-0.39, 0.29) is 0 Å². The number of aliphatic hydroxyl groups excluding tert-OH is 1. The van der Waals surface area contributed by atoms with Gasteiger partial charge in [0.05, 0.1) is 17.8 Å². The van der Waals surface area contributed by atoms with Crippen LogP contribution in [0.5, 0.6) is 0 Å². The highest BCUT2D eigenvalue weighted by atomic mass is 32.2. The van der Waals surface area contributed by atoms with Crippen molar-refractivity contribution in [2.75, 3.05) is 6.26 Å². The Kier molecular flexibility index (Phi) is 4.66. The van der Waals surface area contributed by atoms with E-state index < -0.39 is 6.10 Å². The number of hydrogen-bond donors (Lipinski definition) is 1. The second-order valence-electron chi connectivity index (χ2n) is 5.69. The standard InChI is InChI=1S/C17H22N2OS/c1-21-17-9-5-4-8-15(17)16(20)12-13-10-11-19(18-13)14-6-2-3-7-14/h4-5,8-11,14,16,20H,2-3,6-7,12H2,1H3. The van der Waals surface area contributed by atoms with Gasteiger partial charge >= 0.3 is 0 Å². The first kappa shape index (κ1) is 14.7. The molecule has 1 aromatic carbocycles. The third-order valence-corrected chi connectivity index (χ3v) is 5.07. The lowest BCUT2D eigenvalue weighted by atomic mass is 10.1. The Morgan fingerprint density at radius 1 is 1.29 bits per heavy atom. The van der Waals surface area contributed by atoms with E-state index in [9.17, 15) is 5.11 Å². The van der Waals surface area contributed by atoms with Gasteiger partial charge in [0.25, 0.3) is 0 Å². The quantitative estimate of drug-likeness (QED) is 0.849. The summed E-state index contributed by atoms with van der Waals surface area (Å²) in [7, 11) is 0. The van der Waals surface area contributed by atoms with Crippen LogP contribution in [0.15, 0.2) is 41.4 Å². The van der Waals surface area contributed by atoms with Crippen LogP contribution in [0, 0.1) is 0 Å². The van der Waals surface area contributed by atoms with Crippen molar-refractivity contribution in [2.45, 2.75) is 49.1 Å². The summed E-state index contributed by atoms with van der Waals surface area (Å²) in [5.41, 5.74) is 1.98. The number of benzene rings is 1. The number of nitrogens with zero attached hydrogens (tertiary/aromatic N) is 2. The lowest BCUT2D eigenvalue weighted by molar-refractivity contribution is 0.174. The van der Waals surface area contributed by atoms with Gasteiger partial charge in [0.2, 0.25) is 0 Å². The van der Waals surface area contributed by atoms with E-state index in [1.165, 1.54) is 25.7 Å². The minimum atomic E-state index is -0.486. The summed E-state index contributed by atoms with van der Waals surface area (Å²) in [5.74, 6) is 0. The first-order valence-corrected chi connectivity index (χ1v) is 8.85. The van der Waals surface area contributed by atoms with Crippen molar-refractivity contribution in [1.29, 1.82) is 0 Å². The molecule has 112 valence electrons. The average molecular weight is 302 g/mol. The van der Waals surface area contributed by atoms with Gasteiger partial charge in [-0.1, -0.05) is 31.0 Å². The highest BCUT2D eigenvalue weighted by Gasteiger charge is 2.19. The van der Waals surface area contributed by atoms with Crippen LogP contribution < -0.4 is 0 Å². The number of hydrogen-bond acceptors (Lipinski definition) is 3. The van der Waals surface area contributed by atoms with Gasteiger partial charge in [0.1, 0.15) is 0 Å². The third-order valence-electron chi connectivity index (χ3n) is 4.26. The summed E-state index contributed by atoms with van der Waals surface area (Å²) in [6.45, 7) is 0. The Hall–Kier alpha value is -1.26. The fourth-order valence-corrected chi connectivity index (χ4v) is 3.76. The largest absolute Gasteiger partial charge is 0.388 e. The molecule has 0 amide bonds. The highest BCUT2D eigenvalue weighted by molar-refractivity contribution is 7.98. The van der Waals surface area contributed by atoms with Crippen molar-refractivity contribution in [2.24, 2.45) is 0 Å². The van der Waals surface area contributed by atoms with Gasteiger partial charge in [-0.25, -0.2) is 0 Å². The third kappa shape index (κ3) is 3.33. The summed E-state index contributed by atoms with van der Waals surface area (Å²) in [4.78, 5) is 1.14. The Balaban J connectivity index is 1.71. The molecule has 0 spiro atoms. The maximum absolute atomic E-state index is 10.5. The summed E-state index contributed by atoms with van der Waals surface area (Å²) < 4.78 is 2.09. The lowest BCUT2D eigenvalue weighted by Crippen LogP contribution is -2.08. The molecule has 1 saturated carbocycles. The molecule has 1 N–H and O–H groups in total. The molecule has 1 aliphatic carbocycles. The van der Waals surface area contributed by atoms with Gasteiger partial charge in [-0.05, 0) is 36.8 Å². The molecule has 1 aliphatic rings. The second kappa shape index (κ2) is 6.67. The first-order valence-electron chi connectivity index (χ1n) is 7.63. The van der Waals surface area contributed by atoms with Gasteiger partial charge in [-0.15, -0.1) is 11.8 Å². The van der Waals surface area contributed by atoms with Crippen molar-refractivity contribution in [3.8, 4) is 0 Å². The average Bonchev–Trinajstić information content (AvgIpc) is 3.17. The molecule has 3 rings (SSSR count). The van der Waals surface area contributed by atoms with Crippen molar-refractivity contribution in [3.63, 3.8) is 0 Å². The Morgan fingerprint density at radius 2 is 2.05 bits per heavy atom. The molecule has 0 aliphatic heterocycles. The zero-order valence-corrected chi connectivity index (χ0v) is 13.2. The van der Waals surface area contributed by atoms with Crippen molar-refractivity contribution >= 4 is 11.8 Å². The lowest BCUT2D eigenvalue weighted by Gasteiger charge is -2.13. The first-order chi connectivity index (χ1) is 10.3. The highest BCUT2D eigenvalue weighted by Crippen LogP contribution is 2.30. The number of rotatable bonds is 5. The maximum Gasteiger partial charge on any atom is 0.0856 e. The van der Waals surface area contributed by atoms with Crippen molar-refractivity contribution in [1.82, 2.24) is 9.78 Å². The van der Waals surface area contributed by atoms with Crippen LogP contribution in [-0.4, -0.2) is 21.1 Å². The summed E-state index contributed by atoms with van der Waals surface area (Å²) in [6, 6.07) is 10.7. The molecule has 21 heavy (non-hydrogen) atoms. The molecular weight excluding hydrogens is 280 g/mol. The van der Waals surface area contributed by atoms with Gasteiger partial charge in [-0.2, -0.15) is 5.10 Å². The second-order valence-corrected chi connectivity index (χ2v) is 6.54. The summed E-state index contributed by atoms with van der Waals surface area (Å²) in [6.07, 6.45) is 9.29. The van der Waals surface area contributed by atoms with Crippen LogP contribution in [0.1, 0.15) is 49.1 Å². The minimum absolute atomic E-state index is 0.486.